The molecule has 1 aromatic carbocycles. The molecular formula is C8H4O4. The van der Waals surface area contributed by atoms with Crippen LogP contribution in [0.15, 0.2) is 12.1 Å². The first-order valence-electron chi connectivity index (χ1n) is 3.02. The molecule has 0 amide bonds. The highest BCUT2D eigenvalue weighted by molar-refractivity contribution is 5.90. The smallest absolute Gasteiger partial charge is 0.344 e. The third kappa shape index (κ3) is 1.52. The normalized spacial score (nSPS) is 8.67. The van der Waals surface area contributed by atoms with Crippen molar-refractivity contribution in [3.05, 3.63) is 35.4 Å². The molecule has 0 aliphatic carbocycles. The van der Waals surface area contributed by atoms with Crippen molar-refractivity contribution in [2.75, 3.05) is 0 Å². The van der Waals surface area contributed by atoms with Crippen LogP contribution in [0.4, 0.5) is 0 Å². The van der Waals surface area contributed by atoms with E-state index in [0.717, 1.165) is 0 Å². The van der Waals surface area contributed by atoms with Crippen LogP contribution in [-0.4, -0.2) is 22.2 Å². The lowest BCUT2D eigenvalue weighted by molar-refractivity contribution is 0.0682. The van der Waals surface area contributed by atoms with E-state index in [1.807, 2.05) is 0 Å². The molecule has 0 aromatic heterocycles. The van der Waals surface area contributed by atoms with Gasteiger partial charge < -0.3 is 10.2 Å². The van der Waals surface area contributed by atoms with E-state index in [1.54, 1.807) is 0 Å². The minimum absolute atomic E-state index is 0.0972. The molecule has 0 saturated carbocycles. The van der Waals surface area contributed by atoms with Gasteiger partial charge in [-0.3, -0.25) is 0 Å². The average Bonchev–Trinajstić information content (AvgIpc) is 2.04. The first-order chi connectivity index (χ1) is 5.61. The number of carboxylic acid groups (broad SMARTS) is 2. The van der Waals surface area contributed by atoms with Gasteiger partial charge in [0.2, 0.25) is 0 Å². The van der Waals surface area contributed by atoms with Crippen LogP contribution < -0.4 is 0 Å². The van der Waals surface area contributed by atoms with E-state index in [9.17, 15) is 9.59 Å². The van der Waals surface area contributed by atoms with Crippen LogP contribution in [0.3, 0.4) is 0 Å². The van der Waals surface area contributed by atoms with E-state index >= 15 is 0 Å². The van der Waals surface area contributed by atoms with Gasteiger partial charge in [-0.05, 0) is 12.1 Å². The van der Waals surface area contributed by atoms with Gasteiger partial charge in [0.25, 0.3) is 0 Å². The lowest BCUT2D eigenvalue weighted by Crippen LogP contribution is -1.97. The Morgan fingerprint density at radius 1 is 1.00 bits per heavy atom. The lowest BCUT2D eigenvalue weighted by atomic mass is 10.2. The summed E-state index contributed by atoms with van der Waals surface area (Å²) in [7, 11) is 0. The van der Waals surface area contributed by atoms with Gasteiger partial charge in [-0.15, -0.1) is 0 Å². The molecule has 0 saturated heterocycles. The molecule has 0 heterocycles. The highest BCUT2D eigenvalue weighted by Crippen LogP contribution is 1.97. The van der Waals surface area contributed by atoms with Gasteiger partial charge in [0, 0.05) is 0 Å². The van der Waals surface area contributed by atoms with Crippen LogP contribution >= 0.6 is 0 Å². The van der Waals surface area contributed by atoms with Crippen LogP contribution in [0, 0.1) is 12.1 Å². The Balaban J connectivity index is 3.01. The molecule has 0 bridgehead atoms. The molecular weight excluding hydrogens is 160 g/mol. The third-order valence-corrected chi connectivity index (χ3v) is 1.21. The fourth-order valence-corrected chi connectivity index (χ4v) is 0.634. The second-order valence-electron chi connectivity index (χ2n) is 2.02. The zero-order chi connectivity index (χ0) is 9.14. The van der Waals surface area contributed by atoms with E-state index in [1.165, 1.54) is 12.1 Å². The number of carbonyl (C=O) groups is 2. The molecule has 0 aliphatic rings. The predicted octanol–water partition coefficient (Wildman–Crippen LogP) is 0.683. The Bertz CT molecular complexity index is 279. The summed E-state index contributed by atoms with van der Waals surface area (Å²) in [6.07, 6.45) is 0. The maximum atomic E-state index is 10.3. The van der Waals surface area contributed by atoms with E-state index < -0.39 is 11.9 Å². The van der Waals surface area contributed by atoms with Crippen LogP contribution in [0.1, 0.15) is 20.7 Å². The fraction of sp³-hybridized carbons (Fsp3) is 0. The van der Waals surface area contributed by atoms with Gasteiger partial charge in [-0.25, -0.2) is 9.59 Å². The Labute approximate surface area is 68.1 Å². The van der Waals surface area contributed by atoms with Gasteiger partial charge in [0.15, 0.2) is 0 Å². The maximum Gasteiger partial charge on any atom is 0.344 e. The highest BCUT2D eigenvalue weighted by Gasteiger charge is 2.03. The molecule has 0 fully saturated rings. The van der Waals surface area contributed by atoms with Crippen LogP contribution in [0.25, 0.3) is 0 Å². The summed E-state index contributed by atoms with van der Waals surface area (Å²) in [5.41, 5.74) is -0.194. The van der Waals surface area contributed by atoms with E-state index in [0.29, 0.717) is 0 Å². The van der Waals surface area contributed by atoms with Crippen LogP contribution in [-0.2, 0) is 0 Å². The standard InChI is InChI=1S/C8H4O4/c9-7(10)5-1-2-6(4-3-5)8(11)12/h1-2H,(H,9,10)(H,11,12). The highest BCUT2D eigenvalue weighted by atomic mass is 16.4. The molecule has 0 spiro atoms. The molecule has 60 valence electrons. The molecule has 4 heteroatoms. The Morgan fingerprint density at radius 3 is 1.50 bits per heavy atom. The van der Waals surface area contributed by atoms with E-state index in [4.69, 9.17) is 10.2 Å². The van der Waals surface area contributed by atoms with Gasteiger partial charge in [0.05, 0.1) is 0 Å². The van der Waals surface area contributed by atoms with Gasteiger partial charge in [-0.2, -0.15) is 0 Å². The van der Waals surface area contributed by atoms with Crippen molar-refractivity contribution in [2.24, 2.45) is 0 Å². The number of hydrogen-bond donors (Lipinski definition) is 2. The van der Waals surface area contributed by atoms with E-state index in [2.05, 4.69) is 12.1 Å². The number of carboxylic acids is 2. The first kappa shape index (κ1) is 8.08. The summed E-state index contributed by atoms with van der Waals surface area (Å²) in [5, 5.41) is 16.8. The number of hydrogen-bond acceptors (Lipinski definition) is 2. The number of rotatable bonds is 2. The monoisotopic (exact) mass is 164 g/mol. The minimum Gasteiger partial charge on any atom is -0.477 e. The van der Waals surface area contributed by atoms with Crippen molar-refractivity contribution in [3.8, 4) is 0 Å². The molecule has 1 rings (SSSR count). The minimum atomic E-state index is -1.15. The summed E-state index contributed by atoms with van der Waals surface area (Å²) in [5.74, 6) is -2.30. The van der Waals surface area contributed by atoms with Crippen molar-refractivity contribution < 1.29 is 19.8 Å². The van der Waals surface area contributed by atoms with Crippen molar-refractivity contribution in [1.82, 2.24) is 0 Å². The molecule has 1 aromatic rings. The third-order valence-electron chi connectivity index (χ3n) is 1.21. The quantitative estimate of drug-likeness (QED) is 0.674. The lowest BCUT2D eigenvalue weighted by Gasteiger charge is -1.89. The van der Waals surface area contributed by atoms with Crippen LogP contribution in [0.5, 0.6) is 0 Å². The molecule has 0 radical (unpaired) electrons. The molecule has 2 N–H and O–H groups in total. The largest absolute Gasteiger partial charge is 0.477 e. The van der Waals surface area contributed by atoms with E-state index in [-0.39, 0.29) is 11.1 Å². The summed E-state index contributed by atoms with van der Waals surface area (Å²) < 4.78 is 0. The van der Waals surface area contributed by atoms with Crippen LogP contribution in [0.2, 0.25) is 0 Å². The molecule has 0 atom stereocenters. The van der Waals surface area contributed by atoms with Crippen molar-refractivity contribution in [3.63, 3.8) is 0 Å². The summed E-state index contributed by atoms with van der Waals surface area (Å²) >= 11 is 0. The second-order valence-corrected chi connectivity index (χ2v) is 2.02. The predicted molar refractivity (Wildman–Crippen MR) is 38.0 cm³/mol. The van der Waals surface area contributed by atoms with Crippen molar-refractivity contribution in [1.29, 1.82) is 0 Å². The molecule has 12 heavy (non-hydrogen) atoms. The first-order valence-corrected chi connectivity index (χ1v) is 3.02. The summed E-state index contributed by atoms with van der Waals surface area (Å²) in [4.78, 5) is 20.6. The van der Waals surface area contributed by atoms with Crippen molar-refractivity contribution >= 4 is 11.9 Å². The van der Waals surface area contributed by atoms with Crippen molar-refractivity contribution in [2.45, 2.75) is 0 Å². The van der Waals surface area contributed by atoms with Gasteiger partial charge in [-0.1, -0.05) is 12.1 Å². The topological polar surface area (TPSA) is 74.6 Å². The Hall–Kier alpha value is -2.02. The fourth-order valence-electron chi connectivity index (χ4n) is 0.634. The molecule has 0 unspecified atom stereocenters. The number of aromatic carboxylic acids is 2. The zero-order valence-corrected chi connectivity index (χ0v) is 5.87. The Kier molecular flexibility index (Phi) is 1.97. The summed E-state index contributed by atoms with van der Waals surface area (Å²) in [6, 6.07) is 6.76. The maximum absolute atomic E-state index is 10.3. The second kappa shape index (κ2) is 2.93. The molecule has 4 nitrogen and oxygen atoms in total. The summed E-state index contributed by atoms with van der Waals surface area (Å²) in [6.45, 7) is 0. The zero-order valence-electron chi connectivity index (χ0n) is 5.87. The van der Waals surface area contributed by atoms with Gasteiger partial charge in [0.1, 0.15) is 11.1 Å². The van der Waals surface area contributed by atoms with Gasteiger partial charge >= 0.3 is 11.9 Å². The SMILES string of the molecule is O=C(O)c1c#cc(C(=O)O)cc1. The Morgan fingerprint density at radius 2 is 1.33 bits per heavy atom. The molecule has 0 aliphatic heterocycles. The average molecular weight is 164 g/mol.